The lowest BCUT2D eigenvalue weighted by atomic mass is 9.83. The van der Waals surface area contributed by atoms with Crippen molar-refractivity contribution in [2.75, 3.05) is 0 Å². The molecule has 0 N–H and O–H groups in total. The van der Waals surface area contributed by atoms with Crippen LogP contribution in [0.3, 0.4) is 0 Å². The van der Waals surface area contributed by atoms with Crippen LogP contribution in [-0.4, -0.2) is 10.4 Å². The summed E-state index contributed by atoms with van der Waals surface area (Å²) in [6.07, 6.45) is 10.6. The molecule has 1 aromatic heterocycles. The molecule has 3 rings (SSSR count). The van der Waals surface area contributed by atoms with E-state index in [0.717, 1.165) is 37.3 Å². The summed E-state index contributed by atoms with van der Waals surface area (Å²) in [4.78, 5) is 11.7. The Morgan fingerprint density at radius 3 is 2.88 bits per heavy atom. The van der Waals surface area contributed by atoms with E-state index in [-0.39, 0.29) is 0 Å². The Labute approximate surface area is 96.6 Å². The third-order valence-electron chi connectivity index (χ3n) is 4.20. The van der Waals surface area contributed by atoms with Crippen molar-refractivity contribution in [2.24, 2.45) is 5.92 Å². The predicted molar refractivity (Wildman–Crippen MR) is 63.7 cm³/mol. The number of aromatic nitrogens is 1. The molecule has 1 aromatic rings. The first kappa shape index (κ1) is 10.1. The molecule has 2 heteroatoms. The minimum atomic E-state index is 0.351. The van der Waals surface area contributed by atoms with E-state index in [0.29, 0.717) is 5.78 Å². The quantitative estimate of drug-likeness (QED) is 0.762. The third-order valence-corrected chi connectivity index (χ3v) is 4.20. The molecule has 1 fully saturated rings. The van der Waals surface area contributed by atoms with E-state index in [1.807, 2.05) is 6.07 Å². The van der Waals surface area contributed by atoms with Gasteiger partial charge in [-0.2, -0.15) is 0 Å². The molecule has 16 heavy (non-hydrogen) atoms. The van der Waals surface area contributed by atoms with Crippen molar-refractivity contribution >= 4 is 5.78 Å². The Bertz CT molecular complexity index is 401. The number of aryl methyl sites for hydroxylation is 1. The minimum Gasteiger partial charge on any atom is -0.351 e. The van der Waals surface area contributed by atoms with Gasteiger partial charge in [-0.1, -0.05) is 19.3 Å². The first-order valence-electron chi connectivity index (χ1n) is 6.56. The Morgan fingerprint density at radius 1 is 1.25 bits per heavy atom. The van der Waals surface area contributed by atoms with E-state index < -0.39 is 0 Å². The monoisotopic (exact) mass is 217 g/mol. The summed E-state index contributed by atoms with van der Waals surface area (Å²) in [6.45, 7) is 1.12. The van der Waals surface area contributed by atoms with Gasteiger partial charge in [0, 0.05) is 30.4 Å². The fourth-order valence-corrected chi connectivity index (χ4v) is 2.90. The van der Waals surface area contributed by atoms with Crippen molar-refractivity contribution in [3.05, 3.63) is 23.5 Å². The standard InChI is InChI=1S/C14H19NO/c16-14-6-2-5-13-12(14)8-10-15(13)9-7-11-3-1-4-11/h8,10-11H,1-7,9H2. The zero-order valence-corrected chi connectivity index (χ0v) is 9.74. The van der Waals surface area contributed by atoms with Gasteiger partial charge >= 0.3 is 0 Å². The lowest BCUT2D eigenvalue weighted by molar-refractivity contribution is 0.0971. The molecular weight excluding hydrogens is 198 g/mol. The summed E-state index contributed by atoms with van der Waals surface area (Å²) >= 11 is 0. The van der Waals surface area contributed by atoms with Crippen molar-refractivity contribution in [1.82, 2.24) is 4.57 Å². The number of carbonyl (C=O) groups excluding carboxylic acids is 1. The fraction of sp³-hybridized carbons (Fsp3) is 0.643. The van der Waals surface area contributed by atoms with E-state index in [4.69, 9.17) is 0 Å². The summed E-state index contributed by atoms with van der Waals surface area (Å²) in [5.41, 5.74) is 2.30. The first-order valence-corrected chi connectivity index (χ1v) is 6.56. The minimum absolute atomic E-state index is 0.351. The van der Waals surface area contributed by atoms with Gasteiger partial charge in [-0.25, -0.2) is 0 Å². The van der Waals surface area contributed by atoms with E-state index >= 15 is 0 Å². The summed E-state index contributed by atoms with van der Waals surface area (Å²) in [7, 11) is 0. The van der Waals surface area contributed by atoms with Crippen LogP contribution in [0.25, 0.3) is 0 Å². The van der Waals surface area contributed by atoms with Gasteiger partial charge in [-0.05, 0) is 31.2 Å². The molecule has 0 bridgehead atoms. The Kier molecular flexibility index (Phi) is 2.58. The Balaban J connectivity index is 1.72. The predicted octanol–water partition coefficient (Wildman–Crippen LogP) is 3.20. The second kappa shape index (κ2) is 4.08. The molecule has 0 aliphatic heterocycles. The molecule has 0 spiro atoms. The maximum atomic E-state index is 11.7. The highest BCUT2D eigenvalue weighted by Crippen LogP contribution is 2.30. The molecule has 1 heterocycles. The molecule has 0 unspecified atom stereocenters. The van der Waals surface area contributed by atoms with Gasteiger partial charge in [0.15, 0.2) is 5.78 Å². The number of ketones is 1. The highest BCUT2D eigenvalue weighted by atomic mass is 16.1. The molecule has 1 saturated carbocycles. The number of hydrogen-bond donors (Lipinski definition) is 0. The molecule has 0 atom stereocenters. The average molecular weight is 217 g/mol. The number of carbonyl (C=O) groups is 1. The van der Waals surface area contributed by atoms with E-state index in [1.165, 1.54) is 31.4 Å². The molecule has 0 saturated heterocycles. The number of nitrogens with zero attached hydrogens (tertiary/aromatic N) is 1. The molecule has 2 aliphatic rings. The fourth-order valence-electron chi connectivity index (χ4n) is 2.90. The van der Waals surface area contributed by atoms with Gasteiger partial charge in [-0.15, -0.1) is 0 Å². The van der Waals surface area contributed by atoms with Crippen molar-refractivity contribution in [1.29, 1.82) is 0 Å². The van der Waals surface area contributed by atoms with E-state index in [1.54, 1.807) is 0 Å². The van der Waals surface area contributed by atoms with Crippen LogP contribution in [0.2, 0.25) is 0 Å². The molecule has 2 aliphatic carbocycles. The number of Topliss-reactive ketones (excluding diaryl/α,β-unsaturated/α-hetero) is 1. The van der Waals surface area contributed by atoms with Crippen molar-refractivity contribution in [2.45, 2.75) is 51.5 Å². The van der Waals surface area contributed by atoms with Gasteiger partial charge in [0.25, 0.3) is 0 Å². The van der Waals surface area contributed by atoms with Gasteiger partial charge in [0.05, 0.1) is 0 Å². The zero-order chi connectivity index (χ0) is 11.0. The van der Waals surface area contributed by atoms with Gasteiger partial charge in [0.1, 0.15) is 0 Å². The van der Waals surface area contributed by atoms with Crippen LogP contribution >= 0.6 is 0 Å². The smallest absolute Gasteiger partial charge is 0.164 e. The third kappa shape index (κ3) is 1.70. The second-order valence-electron chi connectivity index (χ2n) is 5.23. The van der Waals surface area contributed by atoms with Crippen molar-refractivity contribution in [3.63, 3.8) is 0 Å². The number of rotatable bonds is 3. The van der Waals surface area contributed by atoms with E-state index in [2.05, 4.69) is 10.8 Å². The maximum absolute atomic E-state index is 11.7. The van der Waals surface area contributed by atoms with Gasteiger partial charge in [-0.3, -0.25) is 4.79 Å². The first-order chi connectivity index (χ1) is 7.84. The summed E-state index contributed by atoms with van der Waals surface area (Å²) in [6, 6.07) is 2.03. The Morgan fingerprint density at radius 2 is 2.12 bits per heavy atom. The van der Waals surface area contributed by atoms with Crippen LogP contribution in [0.15, 0.2) is 12.3 Å². The van der Waals surface area contributed by atoms with Crippen LogP contribution in [0.5, 0.6) is 0 Å². The lowest BCUT2D eigenvalue weighted by Gasteiger charge is -2.26. The molecule has 0 amide bonds. The van der Waals surface area contributed by atoms with Crippen molar-refractivity contribution < 1.29 is 4.79 Å². The van der Waals surface area contributed by atoms with Gasteiger partial charge in [0.2, 0.25) is 0 Å². The molecule has 0 radical (unpaired) electrons. The molecule has 2 nitrogen and oxygen atoms in total. The molecule has 0 aromatic carbocycles. The lowest BCUT2D eigenvalue weighted by Crippen LogP contribution is -2.17. The number of fused-ring (bicyclic) bond motifs is 1. The van der Waals surface area contributed by atoms with Crippen LogP contribution in [0.1, 0.15) is 54.6 Å². The zero-order valence-electron chi connectivity index (χ0n) is 9.74. The highest BCUT2D eigenvalue weighted by Gasteiger charge is 2.22. The second-order valence-corrected chi connectivity index (χ2v) is 5.23. The van der Waals surface area contributed by atoms with E-state index in [9.17, 15) is 4.79 Å². The summed E-state index contributed by atoms with van der Waals surface area (Å²) in [5, 5.41) is 0. The van der Waals surface area contributed by atoms with Crippen LogP contribution in [0.4, 0.5) is 0 Å². The summed E-state index contributed by atoms with van der Waals surface area (Å²) < 4.78 is 2.32. The molecular formula is C14H19NO. The number of hydrogen-bond acceptors (Lipinski definition) is 1. The SMILES string of the molecule is O=C1CCCc2c1ccn2CCC1CCC1. The normalized spacial score (nSPS) is 20.6. The summed E-state index contributed by atoms with van der Waals surface area (Å²) in [5.74, 6) is 1.31. The van der Waals surface area contributed by atoms with Crippen molar-refractivity contribution in [3.8, 4) is 0 Å². The van der Waals surface area contributed by atoms with Crippen LogP contribution in [-0.2, 0) is 13.0 Å². The van der Waals surface area contributed by atoms with Crippen LogP contribution < -0.4 is 0 Å². The molecule has 86 valence electrons. The topological polar surface area (TPSA) is 22.0 Å². The Hall–Kier alpha value is -1.05. The average Bonchev–Trinajstić information content (AvgIpc) is 2.61. The largest absolute Gasteiger partial charge is 0.351 e. The highest BCUT2D eigenvalue weighted by molar-refractivity contribution is 5.98. The van der Waals surface area contributed by atoms with Gasteiger partial charge < -0.3 is 4.57 Å². The van der Waals surface area contributed by atoms with Crippen LogP contribution in [0, 0.1) is 5.92 Å². The maximum Gasteiger partial charge on any atom is 0.164 e.